The zero-order chi connectivity index (χ0) is 12.7. The van der Waals surface area contributed by atoms with Crippen LogP contribution in [-0.4, -0.2) is 23.0 Å². The second-order valence-electron chi connectivity index (χ2n) is 3.14. The largest absolute Gasteiger partial charge is 0.291 e. The number of rotatable bonds is 9. The van der Waals surface area contributed by atoms with Gasteiger partial charge in [-0.25, -0.2) is 0 Å². The van der Waals surface area contributed by atoms with Gasteiger partial charge in [-0.3, -0.25) is 0 Å². The molecule has 16 heavy (non-hydrogen) atoms. The Hall–Kier alpha value is 1.50. The Labute approximate surface area is 115 Å². The average Bonchev–Trinajstić information content (AvgIpc) is 2.18. The minimum Gasteiger partial charge on any atom is -0.199 e. The van der Waals surface area contributed by atoms with Crippen LogP contribution in [0.2, 0.25) is 0 Å². The van der Waals surface area contributed by atoms with Gasteiger partial charge in [0.05, 0.1) is 0 Å². The Morgan fingerprint density at radius 3 is 2.06 bits per heavy atom. The molecule has 0 rings (SSSR count). The molecular weight excluding hydrogens is 309 g/mol. The van der Waals surface area contributed by atoms with E-state index in [0.29, 0.717) is 30.2 Å². The molecule has 98 valence electrons. The maximum Gasteiger partial charge on any atom is 0.291 e. The number of alkyl halides is 3. The van der Waals surface area contributed by atoms with E-state index in [2.05, 4.69) is 0 Å². The Morgan fingerprint density at radius 1 is 1.19 bits per heavy atom. The summed E-state index contributed by atoms with van der Waals surface area (Å²) in [4.78, 5) is 0. The molecule has 0 radical (unpaired) electrons. The number of hydrogen-bond acceptors (Lipinski definition) is 3. The van der Waals surface area contributed by atoms with E-state index >= 15 is 0 Å². The lowest BCUT2D eigenvalue weighted by Crippen LogP contribution is -2.13. The molecule has 0 bridgehead atoms. The van der Waals surface area contributed by atoms with Crippen LogP contribution < -0.4 is 0 Å². The van der Waals surface area contributed by atoms with Gasteiger partial charge in [0.15, 0.2) is 0 Å². The van der Waals surface area contributed by atoms with E-state index in [1.54, 1.807) is 0 Å². The van der Waals surface area contributed by atoms with Crippen molar-refractivity contribution in [2.24, 2.45) is 0 Å². The molecule has 0 N–H and O–H groups in total. The second kappa shape index (κ2) is 8.58. The van der Waals surface area contributed by atoms with E-state index in [1.807, 2.05) is 13.8 Å². The standard InChI is InChI=1S/C9H18ClF2PS3/c1-3-15-13(14,16-4-2)9(11,12)7-5-6-8-10/h3-8H2,1-2H3. The highest BCUT2D eigenvalue weighted by atomic mass is 35.5. The molecule has 0 atom stereocenters. The van der Waals surface area contributed by atoms with Crippen molar-refractivity contribution in [2.45, 2.75) is 38.8 Å². The van der Waals surface area contributed by atoms with Gasteiger partial charge < -0.3 is 0 Å². The average molecular weight is 327 g/mol. The molecule has 0 saturated heterocycles. The quantitative estimate of drug-likeness (QED) is 0.298. The number of unbranched alkanes of at least 4 members (excludes halogenated alkanes) is 1. The van der Waals surface area contributed by atoms with Crippen molar-refractivity contribution in [3.05, 3.63) is 0 Å². The summed E-state index contributed by atoms with van der Waals surface area (Å²) in [5.41, 5.74) is -2.70. The highest BCUT2D eigenvalue weighted by Crippen LogP contribution is 2.79. The monoisotopic (exact) mass is 326 g/mol. The van der Waals surface area contributed by atoms with Crippen LogP contribution in [0.3, 0.4) is 0 Å². The van der Waals surface area contributed by atoms with Crippen LogP contribution in [0.15, 0.2) is 0 Å². The SMILES string of the molecule is CCSP(=S)(SCC)C(F)(F)CCCCCl. The minimum atomic E-state index is -2.70. The van der Waals surface area contributed by atoms with Gasteiger partial charge in [0.2, 0.25) is 0 Å². The molecule has 0 amide bonds. The zero-order valence-corrected chi connectivity index (χ0v) is 13.6. The molecule has 0 saturated carbocycles. The first-order valence-electron chi connectivity index (χ1n) is 5.26. The maximum absolute atomic E-state index is 14.0. The van der Waals surface area contributed by atoms with Crippen LogP contribution in [0, 0.1) is 0 Å². The normalized spacial score (nSPS) is 13.1. The van der Waals surface area contributed by atoms with Crippen molar-refractivity contribution in [2.75, 3.05) is 17.4 Å². The van der Waals surface area contributed by atoms with E-state index in [4.69, 9.17) is 23.4 Å². The third-order valence-electron chi connectivity index (χ3n) is 1.86. The topological polar surface area (TPSA) is 0 Å². The molecule has 0 aromatic carbocycles. The molecule has 0 fully saturated rings. The molecule has 0 aromatic rings. The molecule has 7 heteroatoms. The predicted molar refractivity (Wildman–Crippen MR) is 80.1 cm³/mol. The van der Waals surface area contributed by atoms with Gasteiger partial charge in [-0.1, -0.05) is 25.7 Å². The molecule has 0 spiro atoms. The Balaban J connectivity index is 4.54. The van der Waals surface area contributed by atoms with E-state index in [-0.39, 0.29) is 6.42 Å². The summed E-state index contributed by atoms with van der Waals surface area (Å²) in [7, 11) is 0. The Kier molecular flexibility index (Phi) is 9.38. The molecule has 0 unspecified atom stereocenters. The summed E-state index contributed by atoms with van der Waals surface area (Å²) in [6, 6.07) is 0. The van der Waals surface area contributed by atoms with Crippen molar-refractivity contribution in [1.82, 2.24) is 0 Å². The Bertz CT molecular complexity index is 229. The fourth-order valence-corrected chi connectivity index (χ4v) is 11.6. The summed E-state index contributed by atoms with van der Waals surface area (Å²) >= 11 is 13.3. The highest BCUT2D eigenvalue weighted by molar-refractivity contribution is 9.00. The van der Waals surface area contributed by atoms with Crippen LogP contribution in [0.1, 0.15) is 33.1 Å². The lowest BCUT2D eigenvalue weighted by atomic mass is 10.2. The van der Waals surface area contributed by atoms with Crippen molar-refractivity contribution < 1.29 is 8.78 Å². The first-order chi connectivity index (χ1) is 7.43. The molecule has 0 aliphatic rings. The van der Waals surface area contributed by atoms with Gasteiger partial charge in [-0.05, 0) is 24.3 Å². The molecule has 0 aromatic heterocycles. The van der Waals surface area contributed by atoms with Crippen LogP contribution in [-0.2, 0) is 11.8 Å². The van der Waals surface area contributed by atoms with Gasteiger partial charge in [0.25, 0.3) is 5.66 Å². The lowest BCUT2D eigenvalue weighted by molar-refractivity contribution is 0.0893. The summed E-state index contributed by atoms with van der Waals surface area (Å²) in [6.45, 7) is 3.77. The van der Waals surface area contributed by atoms with Crippen molar-refractivity contribution >= 4 is 50.6 Å². The first kappa shape index (κ1) is 17.5. The van der Waals surface area contributed by atoms with Gasteiger partial charge >= 0.3 is 0 Å². The van der Waals surface area contributed by atoms with Crippen molar-refractivity contribution in [3.63, 3.8) is 0 Å². The van der Waals surface area contributed by atoms with Crippen LogP contribution in [0.25, 0.3) is 0 Å². The summed E-state index contributed by atoms with van der Waals surface area (Å²) in [5.74, 6) is 1.77. The van der Waals surface area contributed by atoms with Gasteiger partial charge in [-0.2, -0.15) is 8.78 Å². The van der Waals surface area contributed by atoms with Crippen LogP contribution in [0.4, 0.5) is 8.78 Å². The number of hydrogen-bond donors (Lipinski definition) is 0. The van der Waals surface area contributed by atoms with Gasteiger partial charge in [0.1, 0.15) is 4.44 Å². The summed E-state index contributed by atoms with van der Waals surface area (Å²) in [5, 5.41) is 0. The fourth-order valence-electron chi connectivity index (χ4n) is 1.14. The highest BCUT2D eigenvalue weighted by Gasteiger charge is 2.45. The predicted octanol–water partition coefficient (Wildman–Crippen LogP) is 5.80. The van der Waals surface area contributed by atoms with Gasteiger partial charge in [0, 0.05) is 12.3 Å². The smallest absolute Gasteiger partial charge is 0.199 e. The van der Waals surface area contributed by atoms with Crippen molar-refractivity contribution in [1.29, 1.82) is 0 Å². The van der Waals surface area contributed by atoms with Crippen molar-refractivity contribution in [3.8, 4) is 0 Å². The summed E-state index contributed by atoms with van der Waals surface area (Å²) < 4.78 is 25.4. The molecule has 0 aliphatic carbocycles. The van der Waals surface area contributed by atoms with Crippen LogP contribution >= 0.6 is 38.8 Å². The Morgan fingerprint density at radius 2 is 1.69 bits per heavy atom. The van der Waals surface area contributed by atoms with Crippen LogP contribution in [0.5, 0.6) is 0 Å². The van der Waals surface area contributed by atoms with E-state index < -0.39 is 10.1 Å². The lowest BCUT2D eigenvalue weighted by Gasteiger charge is -2.29. The molecule has 0 aliphatic heterocycles. The molecule has 0 nitrogen and oxygen atoms in total. The minimum absolute atomic E-state index is 0.114. The molecule has 0 heterocycles. The van der Waals surface area contributed by atoms with E-state index in [1.165, 1.54) is 22.8 Å². The third-order valence-corrected chi connectivity index (χ3v) is 14.1. The second-order valence-corrected chi connectivity index (χ2v) is 15.4. The number of halogens is 3. The van der Waals surface area contributed by atoms with E-state index in [0.717, 1.165) is 0 Å². The first-order valence-corrected chi connectivity index (χ1v) is 11.8. The van der Waals surface area contributed by atoms with Gasteiger partial charge in [-0.15, -0.1) is 34.4 Å². The molecular formula is C9H18ClF2PS3. The van der Waals surface area contributed by atoms with E-state index in [9.17, 15) is 8.78 Å². The third kappa shape index (κ3) is 5.43. The fraction of sp³-hybridized carbons (Fsp3) is 1.00. The summed E-state index contributed by atoms with van der Waals surface area (Å²) in [6.07, 6.45) is 0.987. The zero-order valence-electron chi connectivity index (χ0n) is 9.55. The maximum atomic E-state index is 14.0.